The molecule has 0 aromatic heterocycles. The lowest BCUT2D eigenvalue weighted by Crippen LogP contribution is -2.53. The maximum Gasteiger partial charge on any atom is 0.303 e. The highest BCUT2D eigenvalue weighted by atomic mass is 16.4. The van der Waals surface area contributed by atoms with Crippen molar-refractivity contribution >= 4 is 11.9 Å². The smallest absolute Gasteiger partial charge is 0.303 e. The lowest BCUT2D eigenvalue weighted by molar-refractivity contribution is -0.137. The summed E-state index contributed by atoms with van der Waals surface area (Å²) >= 11 is 0. The van der Waals surface area contributed by atoms with Crippen LogP contribution in [0.5, 0.6) is 0 Å². The second-order valence-electron chi connectivity index (χ2n) is 6.53. The zero-order chi connectivity index (χ0) is 15.2. The van der Waals surface area contributed by atoms with Crippen LogP contribution in [-0.4, -0.2) is 47.1 Å². The number of piperidine rings is 1. The van der Waals surface area contributed by atoms with Crippen molar-refractivity contribution in [2.45, 2.75) is 70.4 Å². The Balaban J connectivity index is 1.91. The van der Waals surface area contributed by atoms with E-state index < -0.39 is 5.97 Å². The monoisotopic (exact) mass is 296 g/mol. The van der Waals surface area contributed by atoms with Gasteiger partial charge in [-0.25, -0.2) is 0 Å². The molecule has 2 atom stereocenters. The largest absolute Gasteiger partial charge is 0.481 e. The molecule has 0 spiro atoms. The second kappa shape index (κ2) is 7.78. The van der Waals surface area contributed by atoms with Gasteiger partial charge in [0.15, 0.2) is 0 Å². The molecule has 1 saturated heterocycles. The molecular formula is C16H28N2O3. The van der Waals surface area contributed by atoms with Gasteiger partial charge in [-0.05, 0) is 31.6 Å². The van der Waals surface area contributed by atoms with Gasteiger partial charge in [-0.2, -0.15) is 0 Å². The Labute approximate surface area is 127 Å². The van der Waals surface area contributed by atoms with Gasteiger partial charge in [0.05, 0.1) is 0 Å². The molecule has 1 aliphatic carbocycles. The summed E-state index contributed by atoms with van der Waals surface area (Å²) in [7, 11) is 0. The zero-order valence-corrected chi connectivity index (χ0v) is 13.0. The Morgan fingerprint density at radius 1 is 1.19 bits per heavy atom. The van der Waals surface area contributed by atoms with E-state index in [2.05, 4.69) is 5.32 Å². The first-order valence-corrected chi connectivity index (χ1v) is 8.34. The predicted molar refractivity (Wildman–Crippen MR) is 81.0 cm³/mol. The molecule has 0 aromatic rings. The number of carbonyl (C=O) groups excluding carboxylic acids is 1. The van der Waals surface area contributed by atoms with E-state index in [-0.39, 0.29) is 12.3 Å². The van der Waals surface area contributed by atoms with Crippen molar-refractivity contribution < 1.29 is 14.7 Å². The third kappa shape index (κ3) is 4.99. The fraction of sp³-hybridized carbons (Fsp3) is 0.875. The number of hydrogen-bond acceptors (Lipinski definition) is 3. The van der Waals surface area contributed by atoms with E-state index >= 15 is 0 Å². The van der Waals surface area contributed by atoms with Gasteiger partial charge in [-0.1, -0.05) is 19.8 Å². The number of aliphatic carboxylic acids is 1. The number of likely N-dealkylation sites (tertiary alicyclic amines) is 1. The molecule has 2 aliphatic rings. The minimum absolute atomic E-state index is 0.188. The molecule has 1 aliphatic heterocycles. The molecule has 5 heteroatoms. The number of nitrogens with one attached hydrogen (secondary N) is 1. The summed E-state index contributed by atoms with van der Waals surface area (Å²) in [6, 6.07) is 0.919. The molecule has 0 radical (unpaired) electrons. The van der Waals surface area contributed by atoms with Crippen LogP contribution in [0.1, 0.15) is 58.3 Å². The average molecular weight is 296 g/mol. The van der Waals surface area contributed by atoms with Gasteiger partial charge >= 0.3 is 5.97 Å². The van der Waals surface area contributed by atoms with E-state index in [1.165, 1.54) is 25.7 Å². The average Bonchev–Trinajstić information content (AvgIpc) is 2.97. The van der Waals surface area contributed by atoms with E-state index in [1.807, 2.05) is 11.8 Å². The topological polar surface area (TPSA) is 69.6 Å². The van der Waals surface area contributed by atoms with Gasteiger partial charge in [0.1, 0.15) is 0 Å². The molecule has 5 nitrogen and oxygen atoms in total. The summed E-state index contributed by atoms with van der Waals surface area (Å²) in [5.41, 5.74) is 0. The van der Waals surface area contributed by atoms with Crippen molar-refractivity contribution in [3.8, 4) is 0 Å². The van der Waals surface area contributed by atoms with E-state index in [0.29, 0.717) is 30.8 Å². The first-order chi connectivity index (χ1) is 10.1. The van der Waals surface area contributed by atoms with Gasteiger partial charge in [0.25, 0.3) is 0 Å². The third-order valence-electron chi connectivity index (χ3n) is 4.79. The Hall–Kier alpha value is -1.10. The Kier molecular flexibility index (Phi) is 6.03. The summed E-state index contributed by atoms with van der Waals surface area (Å²) in [4.78, 5) is 24.7. The van der Waals surface area contributed by atoms with Crippen molar-refractivity contribution in [2.24, 2.45) is 5.92 Å². The maximum atomic E-state index is 12.0. The number of amides is 1. The molecule has 21 heavy (non-hydrogen) atoms. The highest BCUT2D eigenvalue weighted by Gasteiger charge is 2.31. The normalized spacial score (nSPS) is 27.0. The fourth-order valence-electron chi connectivity index (χ4n) is 3.71. The SMILES string of the molecule is CCC(=O)N1CC(CCC(=O)O)CC(NC2CCCC2)C1. The lowest BCUT2D eigenvalue weighted by Gasteiger charge is -2.39. The molecule has 0 aromatic carbocycles. The van der Waals surface area contributed by atoms with Crippen LogP contribution in [0.4, 0.5) is 0 Å². The first-order valence-electron chi connectivity index (χ1n) is 8.34. The molecule has 1 heterocycles. The van der Waals surface area contributed by atoms with E-state index in [9.17, 15) is 9.59 Å². The molecule has 1 amide bonds. The minimum Gasteiger partial charge on any atom is -0.481 e. The van der Waals surface area contributed by atoms with E-state index in [4.69, 9.17) is 5.11 Å². The second-order valence-corrected chi connectivity index (χ2v) is 6.53. The summed E-state index contributed by atoms with van der Waals surface area (Å²) in [6.45, 7) is 3.40. The van der Waals surface area contributed by atoms with Gasteiger partial charge < -0.3 is 15.3 Å². The number of carboxylic acids is 1. The van der Waals surface area contributed by atoms with Gasteiger partial charge in [0.2, 0.25) is 5.91 Å². The molecular weight excluding hydrogens is 268 g/mol. The van der Waals surface area contributed by atoms with Crippen molar-refractivity contribution in [3.63, 3.8) is 0 Å². The summed E-state index contributed by atoms with van der Waals surface area (Å²) in [5, 5.41) is 12.6. The highest BCUT2D eigenvalue weighted by Crippen LogP contribution is 2.25. The van der Waals surface area contributed by atoms with Crippen LogP contribution in [0.2, 0.25) is 0 Å². The highest BCUT2D eigenvalue weighted by molar-refractivity contribution is 5.76. The number of carboxylic acid groups (broad SMARTS) is 1. The quantitative estimate of drug-likeness (QED) is 0.786. The van der Waals surface area contributed by atoms with Crippen LogP contribution in [0.15, 0.2) is 0 Å². The third-order valence-corrected chi connectivity index (χ3v) is 4.79. The Morgan fingerprint density at radius 2 is 1.90 bits per heavy atom. The van der Waals surface area contributed by atoms with Gasteiger partial charge in [-0.15, -0.1) is 0 Å². The van der Waals surface area contributed by atoms with Crippen LogP contribution >= 0.6 is 0 Å². The molecule has 2 N–H and O–H groups in total. The van der Waals surface area contributed by atoms with Crippen molar-refractivity contribution in [3.05, 3.63) is 0 Å². The molecule has 1 saturated carbocycles. The molecule has 120 valence electrons. The Bertz CT molecular complexity index is 367. The van der Waals surface area contributed by atoms with Crippen molar-refractivity contribution in [2.75, 3.05) is 13.1 Å². The van der Waals surface area contributed by atoms with Crippen LogP contribution in [0.25, 0.3) is 0 Å². The fourth-order valence-corrected chi connectivity index (χ4v) is 3.71. The zero-order valence-electron chi connectivity index (χ0n) is 13.0. The van der Waals surface area contributed by atoms with Crippen molar-refractivity contribution in [1.29, 1.82) is 0 Å². The van der Waals surface area contributed by atoms with Crippen LogP contribution < -0.4 is 5.32 Å². The van der Waals surface area contributed by atoms with Gasteiger partial charge in [0, 0.05) is 38.0 Å². The number of nitrogens with zero attached hydrogens (tertiary/aromatic N) is 1. The summed E-state index contributed by atoms with van der Waals surface area (Å²) < 4.78 is 0. The number of hydrogen-bond donors (Lipinski definition) is 2. The summed E-state index contributed by atoms with van der Waals surface area (Å²) in [5.74, 6) is -0.244. The van der Waals surface area contributed by atoms with Gasteiger partial charge in [-0.3, -0.25) is 9.59 Å². The predicted octanol–water partition coefficient (Wildman–Crippen LogP) is 2.01. The molecule has 2 rings (SSSR count). The van der Waals surface area contributed by atoms with Crippen LogP contribution in [0, 0.1) is 5.92 Å². The molecule has 2 fully saturated rings. The number of carbonyl (C=O) groups is 2. The summed E-state index contributed by atoms with van der Waals surface area (Å²) in [6.07, 6.45) is 7.46. The van der Waals surface area contributed by atoms with Crippen LogP contribution in [-0.2, 0) is 9.59 Å². The van der Waals surface area contributed by atoms with E-state index in [0.717, 1.165) is 19.5 Å². The first kappa shape index (κ1) is 16.3. The standard InChI is InChI=1S/C16H28N2O3/c1-2-15(19)18-10-12(7-8-16(20)21)9-14(11-18)17-13-5-3-4-6-13/h12-14,17H,2-11H2,1H3,(H,20,21). The number of rotatable bonds is 6. The van der Waals surface area contributed by atoms with Crippen LogP contribution in [0.3, 0.4) is 0 Å². The maximum absolute atomic E-state index is 12.0. The van der Waals surface area contributed by atoms with E-state index in [1.54, 1.807) is 0 Å². The Morgan fingerprint density at radius 3 is 2.52 bits per heavy atom. The lowest BCUT2D eigenvalue weighted by atomic mass is 9.89. The van der Waals surface area contributed by atoms with Crippen molar-refractivity contribution in [1.82, 2.24) is 10.2 Å². The minimum atomic E-state index is -0.741. The molecule has 2 unspecified atom stereocenters. The molecule has 0 bridgehead atoms.